The molecule has 264 valence electrons. The van der Waals surface area contributed by atoms with Gasteiger partial charge in [-0.1, -0.05) is 12.1 Å². The number of rotatable bonds is 8. The summed E-state index contributed by atoms with van der Waals surface area (Å²) < 4.78 is 17.9. The van der Waals surface area contributed by atoms with E-state index in [0.717, 1.165) is 16.6 Å². The van der Waals surface area contributed by atoms with Crippen LogP contribution in [0.15, 0.2) is 48.2 Å². The van der Waals surface area contributed by atoms with Crippen molar-refractivity contribution >= 4 is 24.0 Å². The molecule has 4 rings (SSSR count). The number of nitrogens with zero attached hydrogens (tertiary/aromatic N) is 3. The fourth-order valence-electron chi connectivity index (χ4n) is 6.23. The minimum atomic E-state index is -1.54. The van der Waals surface area contributed by atoms with Crippen molar-refractivity contribution in [2.75, 3.05) is 46.9 Å². The summed E-state index contributed by atoms with van der Waals surface area (Å²) in [6, 6.07) is 5.94. The summed E-state index contributed by atoms with van der Waals surface area (Å²) in [4.78, 5) is 56.5. The van der Waals surface area contributed by atoms with Gasteiger partial charge in [0.05, 0.1) is 20.3 Å². The number of amides is 4. The number of benzene rings is 1. The van der Waals surface area contributed by atoms with E-state index in [1.807, 2.05) is 6.08 Å². The van der Waals surface area contributed by atoms with Crippen molar-refractivity contribution in [3.05, 3.63) is 53.8 Å². The average molecular weight is 671 g/mol. The van der Waals surface area contributed by atoms with Crippen LogP contribution in [0.2, 0.25) is 0 Å². The van der Waals surface area contributed by atoms with Crippen molar-refractivity contribution in [3.8, 4) is 5.75 Å². The third-order valence-electron chi connectivity index (χ3n) is 8.69. The number of quaternary nitrogens is 1. The Bertz CT molecular complexity index is 1420. The number of hydrogen-bond donors (Lipinski definition) is 3. The molecule has 3 heterocycles. The number of likely N-dealkylation sites (N-methyl/N-ethyl adjacent to an activating group) is 1. The van der Waals surface area contributed by atoms with Crippen LogP contribution >= 0.6 is 0 Å². The Hall–Kier alpha value is -4.10. The first kappa shape index (κ1) is 36.7. The molecular weight excluding hydrogens is 618 g/mol. The molecule has 1 aromatic carbocycles. The van der Waals surface area contributed by atoms with Gasteiger partial charge in [0.25, 0.3) is 11.8 Å². The largest absolute Gasteiger partial charge is 0.489 e. The quantitative estimate of drug-likeness (QED) is 0.213. The Morgan fingerprint density at radius 3 is 2.17 bits per heavy atom. The molecular formula is C35H52N5O8+. The fraction of sp³-hybridized carbons (Fsp3) is 0.600. The monoisotopic (exact) mass is 670 g/mol. The molecule has 0 saturated carbocycles. The second-order valence-corrected chi connectivity index (χ2v) is 15.4. The van der Waals surface area contributed by atoms with Crippen molar-refractivity contribution in [2.24, 2.45) is 5.92 Å². The van der Waals surface area contributed by atoms with Gasteiger partial charge in [-0.25, -0.2) is 15.1 Å². The molecule has 3 aliphatic rings. The van der Waals surface area contributed by atoms with Gasteiger partial charge in [0.1, 0.15) is 41.7 Å². The third kappa shape index (κ3) is 9.07. The number of piperidine rings is 1. The number of likely N-dealkylation sites (tertiary alicyclic amines) is 2. The zero-order valence-corrected chi connectivity index (χ0v) is 29.5. The molecule has 0 bridgehead atoms. The van der Waals surface area contributed by atoms with Crippen LogP contribution in [-0.4, -0.2) is 108 Å². The summed E-state index contributed by atoms with van der Waals surface area (Å²) in [6.45, 7) is 12.6. The number of carbonyl (C=O) groups excluding carboxylic acids is 4. The maximum Gasteiger partial charge on any atom is 0.410 e. The molecule has 3 N–H and O–H groups in total. The molecule has 0 radical (unpaired) electrons. The molecule has 0 aliphatic carbocycles. The van der Waals surface area contributed by atoms with Crippen LogP contribution < -0.4 is 15.5 Å². The summed E-state index contributed by atoms with van der Waals surface area (Å²) in [5, 5.41) is 12.6. The van der Waals surface area contributed by atoms with Crippen molar-refractivity contribution in [3.63, 3.8) is 0 Å². The Balaban J connectivity index is 1.56. The maximum absolute atomic E-state index is 14.5. The number of hydroxylamine groups is 1. The second kappa shape index (κ2) is 14.2. The topological polar surface area (TPSA) is 147 Å². The van der Waals surface area contributed by atoms with Crippen LogP contribution in [0.3, 0.4) is 0 Å². The van der Waals surface area contributed by atoms with Gasteiger partial charge in [-0.05, 0) is 95.7 Å². The maximum atomic E-state index is 14.5. The lowest BCUT2D eigenvalue weighted by molar-refractivity contribution is -0.833. The summed E-state index contributed by atoms with van der Waals surface area (Å²) in [7, 11) is 4.23. The number of nitrogens with one attached hydrogen (secondary N) is 2. The van der Waals surface area contributed by atoms with Crippen LogP contribution in [0.25, 0.3) is 0 Å². The van der Waals surface area contributed by atoms with Crippen LogP contribution in [0.5, 0.6) is 5.75 Å². The van der Waals surface area contributed by atoms with Gasteiger partial charge in [0.15, 0.2) is 0 Å². The molecule has 0 spiro atoms. The van der Waals surface area contributed by atoms with Gasteiger partial charge in [0.2, 0.25) is 0 Å². The minimum Gasteiger partial charge on any atom is -0.489 e. The van der Waals surface area contributed by atoms with Crippen LogP contribution in [0.1, 0.15) is 66.4 Å². The third-order valence-corrected chi connectivity index (χ3v) is 8.69. The molecule has 2 atom stereocenters. The predicted molar refractivity (Wildman–Crippen MR) is 178 cm³/mol. The number of hydrogen-bond acceptors (Lipinski definition) is 8. The van der Waals surface area contributed by atoms with E-state index in [4.69, 9.17) is 14.2 Å². The summed E-state index contributed by atoms with van der Waals surface area (Å²) >= 11 is 0. The lowest BCUT2D eigenvalue weighted by Crippen LogP contribution is -2.58. The summed E-state index contributed by atoms with van der Waals surface area (Å²) in [5.74, 6) is -0.996. The van der Waals surface area contributed by atoms with Crippen LogP contribution in [0.4, 0.5) is 9.59 Å². The first-order valence-corrected chi connectivity index (χ1v) is 16.5. The summed E-state index contributed by atoms with van der Waals surface area (Å²) in [6.07, 6.45) is 6.05. The van der Waals surface area contributed by atoms with Crippen molar-refractivity contribution in [1.82, 2.24) is 20.6 Å². The second-order valence-electron chi connectivity index (χ2n) is 15.4. The lowest BCUT2D eigenvalue weighted by Gasteiger charge is -2.39. The van der Waals surface area contributed by atoms with Gasteiger partial charge in [0, 0.05) is 26.1 Å². The van der Waals surface area contributed by atoms with E-state index < -0.39 is 46.8 Å². The van der Waals surface area contributed by atoms with E-state index in [9.17, 15) is 24.4 Å². The highest BCUT2D eigenvalue weighted by atomic mass is 16.6. The number of alkyl carbamates (subject to hydrolysis) is 1. The number of ether oxygens (including phenoxy) is 3. The van der Waals surface area contributed by atoms with E-state index in [2.05, 4.69) is 31.7 Å². The molecule has 13 heteroatoms. The first-order valence-electron chi connectivity index (χ1n) is 16.5. The average Bonchev–Trinajstić information content (AvgIpc) is 3.31. The van der Waals surface area contributed by atoms with Crippen LogP contribution in [0, 0.1) is 5.92 Å². The zero-order chi connectivity index (χ0) is 35.5. The smallest absolute Gasteiger partial charge is 0.410 e. The normalized spacial score (nSPS) is 22.1. The van der Waals surface area contributed by atoms with E-state index in [0.29, 0.717) is 43.9 Å². The Morgan fingerprint density at radius 1 is 1.00 bits per heavy atom. The van der Waals surface area contributed by atoms with Crippen molar-refractivity contribution in [1.29, 1.82) is 0 Å². The van der Waals surface area contributed by atoms with E-state index in [-0.39, 0.29) is 18.9 Å². The molecule has 0 aromatic heterocycles. The van der Waals surface area contributed by atoms with E-state index >= 15 is 0 Å². The van der Waals surface area contributed by atoms with Crippen LogP contribution in [-0.2, 0) is 24.6 Å². The van der Waals surface area contributed by atoms with E-state index in [1.165, 1.54) is 4.90 Å². The van der Waals surface area contributed by atoms with E-state index in [1.54, 1.807) is 76.2 Å². The molecule has 1 unspecified atom stereocenters. The molecule has 4 amide bonds. The Kier molecular flexibility index (Phi) is 10.8. The molecule has 2 saturated heterocycles. The Labute approximate surface area is 283 Å². The molecule has 3 aliphatic heterocycles. The number of carbonyl (C=O) groups is 4. The van der Waals surface area contributed by atoms with Gasteiger partial charge >= 0.3 is 12.2 Å². The standard InChI is InChI=1S/C35H51N5O8/c1-33(2,3)47-31(43)36-35(26-9-11-27(12-10-26)46-23-24-15-21-40(7,8)22-16-24)17-20-39(30(35)42)28(29(41)37-45)25-13-18-38(19-14-25)32(44)48-34(4,5)6/h9-12,15-16,21,25,28H,13-14,17-20,22-23H2,1-8H3,(H2-,36,37,41,43,45)/p+1/t28-,35?/m1/s1. The predicted octanol–water partition coefficient (Wildman–Crippen LogP) is 4.07. The fourth-order valence-corrected chi connectivity index (χ4v) is 6.23. The minimum absolute atomic E-state index is 0.132. The highest BCUT2D eigenvalue weighted by Gasteiger charge is 2.54. The lowest BCUT2D eigenvalue weighted by atomic mass is 9.86. The highest BCUT2D eigenvalue weighted by Crippen LogP contribution is 2.38. The van der Waals surface area contributed by atoms with Crippen molar-refractivity contribution in [2.45, 2.75) is 83.6 Å². The first-order chi connectivity index (χ1) is 22.3. The molecule has 13 nitrogen and oxygen atoms in total. The van der Waals surface area contributed by atoms with Gasteiger partial charge in [-0.15, -0.1) is 0 Å². The highest BCUT2D eigenvalue weighted by molar-refractivity contribution is 5.96. The SMILES string of the molecule is CC(C)(C)OC(=O)NC1(c2ccc(OCC3=CC[N+](C)(C)C=C3)cc2)CCN([C@@H](C(=O)NO)C2CCN(C(=O)OC(C)(C)C)CC2)C1=O. The van der Waals surface area contributed by atoms with Gasteiger partial charge in [-0.3, -0.25) is 19.3 Å². The zero-order valence-electron chi connectivity index (χ0n) is 29.5. The molecule has 48 heavy (non-hydrogen) atoms. The summed E-state index contributed by atoms with van der Waals surface area (Å²) in [5.41, 5.74) is 0.305. The van der Waals surface area contributed by atoms with Gasteiger partial charge in [-0.2, -0.15) is 0 Å². The molecule has 2 fully saturated rings. The Morgan fingerprint density at radius 2 is 1.62 bits per heavy atom. The van der Waals surface area contributed by atoms with Gasteiger partial charge < -0.3 is 29.3 Å². The van der Waals surface area contributed by atoms with Crippen molar-refractivity contribution < 1.29 is 43.1 Å². The molecule has 1 aromatic rings.